The highest BCUT2D eigenvalue weighted by Gasteiger charge is 2.34. The van der Waals surface area contributed by atoms with E-state index in [2.05, 4.69) is 65.6 Å². The van der Waals surface area contributed by atoms with Crippen molar-refractivity contribution in [3.05, 3.63) is 137 Å². The van der Waals surface area contributed by atoms with Gasteiger partial charge in [0.2, 0.25) is 5.91 Å². The van der Waals surface area contributed by atoms with Gasteiger partial charge in [0.05, 0.1) is 6.04 Å². The minimum atomic E-state index is -0.242. The molecular weight excluding hydrogens is 444 g/mol. The lowest BCUT2D eigenvalue weighted by Gasteiger charge is -2.39. The topological polar surface area (TPSA) is 43.8 Å². The molecule has 4 aromatic rings. The lowest BCUT2D eigenvalue weighted by Crippen LogP contribution is -2.51. The fourth-order valence-corrected chi connectivity index (χ4v) is 5.01. The van der Waals surface area contributed by atoms with E-state index in [4.69, 9.17) is 0 Å². The van der Waals surface area contributed by atoms with Crippen LogP contribution in [0.3, 0.4) is 0 Å². The SMILES string of the molecule is O=C(C1Cc2ccccc2CN1Cc1ccc(O)cc1)N(CCc1ccccc1)Cc1ccccc1. The number of hydrogen-bond acceptors (Lipinski definition) is 3. The predicted octanol–water partition coefficient (Wildman–Crippen LogP) is 5.59. The number of fused-ring (bicyclic) bond motifs is 1. The Hall–Kier alpha value is -3.89. The fraction of sp³-hybridized carbons (Fsp3) is 0.219. The van der Waals surface area contributed by atoms with Crippen molar-refractivity contribution >= 4 is 5.91 Å². The van der Waals surface area contributed by atoms with Crippen molar-refractivity contribution in [2.24, 2.45) is 0 Å². The molecule has 1 aliphatic rings. The van der Waals surface area contributed by atoms with Crippen molar-refractivity contribution < 1.29 is 9.90 Å². The minimum Gasteiger partial charge on any atom is -0.508 e. The number of amides is 1. The Morgan fingerprint density at radius 3 is 2.06 bits per heavy atom. The number of hydrogen-bond donors (Lipinski definition) is 1. The van der Waals surface area contributed by atoms with Crippen molar-refractivity contribution in [1.29, 1.82) is 0 Å². The summed E-state index contributed by atoms with van der Waals surface area (Å²) in [5.41, 5.74) is 5.99. The maximum absolute atomic E-state index is 14.2. The smallest absolute Gasteiger partial charge is 0.240 e. The van der Waals surface area contributed by atoms with E-state index in [9.17, 15) is 9.90 Å². The van der Waals surface area contributed by atoms with E-state index >= 15 is 0 Å². The van der Waals surface area contributed by atoms with Gasteiger partial charge in [-0.15, -0.1) is 0 Å². The van der Waals surface area contributed by atoms with E-state index < -0.39 is 0 Å². The molecule has 182 valence electrons. The van der Waals surface area contributed by atoms with E-state index in [-0.39, 0.29) is 17.7 Å². The molecule has 1 atom stereocenters. The third-order valence-corrected chi connectivity index (χ3v) is 6.99. The van der Waals surface area contributed by atoms with E-state index in [1.807, 2.05) is 41.3 Å². The van der Waals surface area contributed by atoms with Gasteiger partial charge in [0, 0.05) is 26.2 Å². The molecule has 1 N–H and O–H groups in total. The van der Waals surface area contributed by atoms with Gasteiger partial charge >= 0.3 is 0 Å². The van der Waals surface area contributed by atoms with Crippen LogP contribution in [-0.4, -0.2) is 33.4 Å². The molecule has 0 saturated carbocycles. The normalized spacial score (nSPS) is 15.3. The highest BCUT2D eigenvalue weighted by atomic mass is 16.3. The first kappa shape index (κ1) is 23.8. The molecule has 0 bridgehead atoms. The number of carbonyl (C=O) groups excluding carboxylic acids is 1. The van der Waals surface area contributed by atoms with Crippen LogP contribution in [0.4, 0.5) is 0 Å². The molecule has 4 nitrogen and oxygen atoms in total. The molecule has 0 fully saturated rings. The number of phenols is 1. The van der Waals surface area contributed by atoms with Crippen molar-refractivity contribution in [2.75, 3.05) is 6.54 Å². The first-order valence-corrected chi connectivity index (χ1v) is 12.6. The number of carbonyl (C=O) groups is 1. The molecule has 0 saturated heterocycles. The Morgan fingerprint density at radius 1 is 0.750 bits per heavy atom. The summed E-state index contributed by atoms with van der Waals surface area (Å²) >= 11 is 0. The van der Waals surface area contributed by atoms with E-state index in [1.54, 1.807) is 12.1 Å². The number of nitrogens with zero attached hydrogens (tertiary/aromatic N) is 2. The minimum absolute atomic E-state index is 0.170. The Morgan fingerprint density at radius 2 is 1.36 bits per heavy atom. The van der Waals surface area contributed by atoms with Gasteiger partial charge in [0.25, 0.3) is 0 Å². The largest absolute Gasteiger partial charge is 0.508 e. The monoisotopic (exact) mass is 476 g/mol. The number of benzene rings is 4. The predicted molar refractivity (Wildman–Crippen MR) is 143 cm³/mol. The van der Waals surface area contributed by atoms with E-state index in [1.165, 1.54) is 16.7 Å². The molecule has 0 spiro atoms. The summed E-state index contributed by atoms with van der Waals surface area (Å²) in [6, 6.07) is 36.1. The van der Waals surface area contributed by atoms with Gasteiger partial charge in [-0.1, -0.05) is 97.1 Å². The van der Waals surface area contributed by atoms with Crippen LogP contribution in [-0.2, 0) is 37.3 Å². The summed E-state index contributed by atoms with van der Waals surface area (Å²) in [4.78, 5) is 18.6. The van der Waals surface area contributed by atoms with Gasteiger partial charge in [-0.3, -0.25) is 9.69 Å². The van der Waals surface area contributed by atoms with Gasteiger partial charge in [-0.05, 0) is 52.8 Å². The van der Waals surface area contributed by atoms with Crippen LogP contribution in [0.15, 0.2) is 109 Å². The Labute approximate surface area is 213 Å². The summed E-state index contributed by atoms with van der Waals surface area (Å²) in [5.74, 6) is 0.424. The molecule has 5 rings (SSSR count). The maximum Gasteiger partial charge on any atom is 0.240 e. The van der Waals surface area contributed by atoms with Crippen LogP contribution in [0.5, 0.6) is 5.75 Å². The molecule has 0 aliphatic carbocycles. The van der Waals surface area contributed by atoms with E-state index in [0.29, 0.717) is 26.1 Å². The van der Waals surface area contributed by atoms with Crippen molar-refractivity contribution in [2.45, 2.75) is 38.5 Å². The average molecular weight is 477 g/mol. The van der Waals surface area contributed by atoms with Gasteiger partial charge in [0.15, 0.2) is 0 Å². The Bertz CT molecular complexity index is 1270. The number of aromatic hydroxyl groups is 1. The van der Waals surface area contributed by atoms with Crippen LogP contribution in [0.2, 0.25) is 0 Å². The molecule has 0 radical (unpaired) electrons. The molecule has 4 heteroatoms. The molecule has 4 aromatic carbocycles. The second-order valence-electron chi connectivity index (χ2n) is 9.54. The summed E-state index contributed by atoms with van der Waals surface area (Å²) < 4.78 is 0. The molecule has 1 unspecified atom stereocenters. The number of phenolic OH excluding ortho intramolecular Hbond substituents is 1. The van der Waals surface area contributed by atoms with Gasteiger partial charge in [-0.25, -0.2) is 0 Å². The second-order valence-corrected chi connectivity index (χ2v) is 9.54. The van der Waals surface area contributed by atoms with Crippen LogP contribution in [0.25, 0.3) is 0 Å². The van der Waals surface area contributed by atoms with Crippen LogP contribution in [0, 0.1) is 0 Å². The van der Waals surface area contributed by atoms with E-state index in [0.717, 1.165) is 24.1 Å². The highest BCUT2D eigenvalue weighted by molar-refractivity contribution is 5.82. The summed E-state index contributed by atoms with van der Waals surface area (Å²) in [7, 11) is 0. The maximum atomic E-state index is 14.2. The van der Waals surface area contributed by atoms with Crippen molar-refractivity contribution in [1.82, 2.24) is 9.80 Å². The molecular formula is C32H32N2O2. The quantitative estimate of drug-likeness (QED) is 0.361. The summed E-state index contributed by atoms with van der Waals surface area (Å²) in [5, 5.41) is 9.72. The molecule has 1 heterocycles. The highest BCUT2D eigenvalue weighted by Crippen LogP contribution is 2.27. The zero-order chi connectivity index (χ0) is 24.7. The lowest BCUT2D eigenvalue weighted by molar-refractivity contribution is -0.138. The zero-order valence-electron chi connectivity index (χ0n) is 20.5. The fourth-order valence-electron chi connectivity index (χ4n) is 5.01. The number of rotatable bonds is 8. The first-order valence-electron chi connectivity index (χ1n) is 12.6. The lowest BCUT2D eigenvalue weighted by atomic mass is 9.92. The zero-order valence-corrected chi connectivity index (χ0v) is 20.5. The van der Waals surface area contributed by atoms with Gasteiger partial charge in [-0.2, -0.15) is 0 Å². The Balaban J connectivity index is 1.42. The third-order valence-electron chi connectivity index (χ3n) is 6.99. The van der Waals surface area contributed by atoms with Crippen LogP contribution < -0.4 is 0 Å². The molecule has 36 heavy (non-hydrogen) atoms. The Kier molecular flexibility index (Phi) is 7.44. The summed E-state index contributed by atoms with van der Waals surface area (Å²) in [6.07, 6.45) is 1.52. The van der Waals surface area contributed by atoms with Crippen molar-refractivity contribution in [3.63, 3.8) is 0 Å². The van der Waals surface area contributed by atoms with Crippen LogP contribution in [0.1, 0.15) is 27.8 Å². The standard InChI is InChI=1S/C32H32N2O2/c35-30-17-15-27(16-18-30)23-34-24-29-14-8-7-13-28(29)21-31(34)32(36)33(22-26-11-5-2-6-12-26)20-19-25-9-3-1-4-10-25/h1-18,31,35H,19-24H2. The summed E-state index contributed by atoms with van der Waals surface area (Å²) in [6.45, 7) is 2.65. The van der Waals surface area contributed by atoms with Crippen LogP contribution >= 0.6 is 0 Å². The molecule has 1 aliphatic heterocycles. The third kappa shape index (κ3) is 5.84. The van der Waals surface area contributed by atoms with Gasteiger partial charge < -0.3 is 10.0 Å². The van der Waals surface area contributed by atoms with Gasteiger partial charge in [0.1, 0.15) is 5.75 Å². The van der Waals surface area contributed by atoms with Crippen molar-refractivity contribution in [3.8, 4) is 5.75 Å². The second kappa shape index (κ2) is 11.2. The molecule has 1 amide bonds. The molecule has 0 aromatic heterocycles. The average Bonchev–Trinajstić information content (AvgIpc) is 2.92. The first-order chi connectivity index (χ1) is 17.7.